The predicted octanol–water partition coefficient (Wildman–Crippen LogP) is 5.94. The van der Waals surface area contributed by atoms with Crippen molar-refractivity contribution in [2.45, 2.75) is 91.6 Å². The van der Waals surface area contributed by atoms with E-state index in [1.54, 1.807) is 0 Å². The van der Waals surface area contributed by atoms with Gasteiger partial charge >= 0.3 is 11.9 Å². The molecule has 0 radical (unpaired) electrons. The first kappa shape index (κ1) is 22.9. The Morgan fingerprint density at radius 1 is 1.13 bits per heavy atom. The molecule has 4 rings (SSSR count). The Hall–Kier alpha value is -1.32. The molecule has 0 N–H and O–H groups in total. The minimum absolute atomic E-state index is 0.0820. The lowest BCUT2D eigenvalue weighted by molar-refractivity contribution is -0.154. The molecule has 31 heavy (non-hydrogen) atoms. The molecule has 3 fully saturated rings. The Morgan fingerprint density at radius 3 is 2.61 bits per heavy atom. The zero-order chi connectivity index (χ0) is 22.4. The molecule has 3 saturated carbocycles. The summed E-state index contributed by atoms with van der Waals surface area (Å²) in [5.74, 6) is 3.85. The maximum atomic E-state index is 11.7. The summed E-state index contributed by atoms with van der Waals surface area (Å²) >= 11 is 0. The fraction of sp³-hybridized carbons (Fsp3) is 0.852. The lowest BCUT2D eigenvalue weighted by atomic mass is 9.46. The van der Waals surface area contributed by atoms with E-state index in [0.717, 1.165) is 31.1 Å². The van der Waals surface area contributed by atoms with E-state index < -0.39 is 0 Å². The number of allylic oxidation sites excluding steroid dienone is 2. The van der Waals surface area contributed by atoms with Gasteiger partial charge in [0, 0.05) is 13.3 Å². The maximum absolute atomic E-state index is 11.7. The van der Waals surface area contributed by atoms with Crippen molar-refractivity contribution in [2.75, 3.05) is 7.11 Å². The Morgan fingerprint density at radius 2 is 1.90 bits per heavy atom. The quantitative estimate of drug-likeness (QED) is 0.400. The summed E-state index contributed by atoms with van der Waals surface area (Å²) in [7, 11) is 1.49. The Kier molecular flexibility index (Phi) is 6.31. The summed E-state index contributed by atoms with van der Waals surface area (Å²) in [4.78, 5) is 23.1. The van der Waals surface area contributed by atoms with Crippen molar-refractivity contribution in [2.24, 2.45) is 46.3 Å². The molecule has 9 atom stereocenters. The van der Waals surface area contributed by atoms with Crippen molar-refractivity contribution >= 4 is 11.9 Å². The van der Waals surface area contributed by atoms with Crippen LogP contribution in [0.25, 0.3) is 0 Å². The van der Waals surface area contributed by atoms with Crippen LogP contribution in [-0.4, -0.2) is 25.2 Å². The Labute approximate surface area is 188 Å². The zero-order valence-corrected chi connectivity index (χ0v) is 20.2. The molecule has 0 aromatic heterocycles. The van der Waals surface area contributed by atoms with Gasteiger partial charge in [-0.25, -0.2) is 0 Å². The van der Waals surface area contributed by atoms with E-state index in [-0.39, 0.29) is 23.5 Å². The standard InChI is InChI=1S/C27H42O4/c1-17(6-11-25(29)30-5)22-9-10-23-21-8-7-19-16-20(31-18(2)28)12-14-26(19,3)24(21)13-15-27(22,23)4/h13,15,17,19-24H,6-12,14,16H2,1-5H3/t17-,19+,20+,21-,22-,23+,24+,26-,27+/m0/s1. The molecule has 0 aliphatic heterocycles. The highest BCUT2D eigenvalue weighted by atomic mass is 16.5. The van der Waals surface area contributed by atoms with Crippen molar-refractivity contribution in [1.82, 2.24) is 0 Å². The molecular formula is C27H42O4. The summed E-state index contributed by atoms with van der Waals surface area (Å²) in [6.07, 6.45) is 15.2. The van der Waals surface area contributed by atoms with Crippen LogP contribution >= 0.6 is 0 Å². The minimum Gasteiger partial charge on any atom is -0.469 e. The van der Waals surface area contributed by atoms with Gasteiger partial charge in [0.05, 0.1) is 7.11 Å². The van der Waals surface area contributed by atoms with Crippen molar-refractivity contribution in [3.63, 3.8) is 0 Å². The fourth-order valence-electron chi connectivity index (χ4n) is 8.52. The van der Waals surface area contributed by atoms with E-state index in [4.69, 9.17) is 9.47 Å². The minimum atomic E-state index is -0.131. The number of hydrogen-bond acceptors (Lipinski definition) is 4. The summed E-state index contributed by atoms with van der Waals surface area (Å²) in [5, 5.41) is 0. The highest BCUT2D eigenvalue weighted by Gasteiger charge is 2.59. The van der Waals surface area contributed by atoms with Crippen LogP contribution in [0.1, 0.15) is 85.5 Å². The molecule has 0 aromatic carbocycles. The smallest absolute Gasteiger partial charge is 0.305 e. The van der Waals surface area contributed by atoms with Crippen molar-refractivity contribution in [3.05, 3.63) is 12.2 Å². The number of fused-ring (bicyclic) bond motifs is 5. The SMILES string of the molecule is COC(=O)CC[C@H](C)[C@@H]1CC[C@@H]2[C@@H]3CC[C@@H]4C[C@H](OC(C)=O)CC[C@]4(C)[C@@H]3C=C[C@@]21C. The third-order valence-corrected chi connectivity index (χ3v) is 10.2. The van der Waals surface area contributed by atoms with E-state index in [9.17, 15) is 9.59 Å². The summed E-state index contributed by atoms with van der Waals surface area (Å²) in [5.41, 5.74) is 0.598. The average molecular weight is 431 g/mol. The average Bonchev–Trinajstić information content (AvgIpc) is 3.09. The second-order valence-electron chi connectivity index (χ2n) is 11.6. The lowest BCUT2D eigenvalue weighted by Gasteiger charge is -2.59. The van der Waals surface area contributed by atoms with Crippen LogP contribution in [0.5, 0.6) is 0 Å². The van der Waals surface area contributed by atoms with Gasteiger partial charge in [-0.15, -0.1) is 0 Å². The van der Waals surface area contributed by atoms with Crippen LogP contribution in [-0.2, 0) is 19.1 Å². The van der Waals surface area contributed by atoms with E-state index in [0.29, 0.717) is 35.5 Å². The van der Waals surface area contributed by atoms with Crippen LogP contribution in [0, 0.1) is 46.3 Å². The molecule has 4 nitrogen and oxygen atoms in total. The monoisotopic (exact) mass is 430 g/mol. The molecule has 4 aliphatic carbocycles. The van der Waals surface area contributed by atoms with Gasteiger partial charge in [-0.1, -0.05) is 32.9 Å². The second kappa shape index (κ2) is 8.56. The van der Waals surface area contributed by atoms with Gasteiger partial charge in [-0.2, -0.15) is 0 Å². The molecule has 0 unspecified atom stereocenters. The van der Waals surface area contributed by atoms with Crippen LogP contribution in [0.2, 0.25) is 0 Å². The third kappa shape index (κ3) is 3.97. The van der Waals surface area contributed by atoms with E-state index in [2.05, 4.69) is 32.9 Å². The largest absolute Gasteiger partial charge is 0.469 e. The van der Waals surface area contributed by atoms with Crippen LogP contribution in [0.15, 0.2) is 12.2 Å². The third-order valence-electron chi connectivity index (χ3n) is 10.2. The van der Waals surface area contributed by atoms with Gasteiger partial charge in [-0.05, 0) is 97.7 Å². The highest BCUT2D eigenvalue weighted by molar-refractivity contribution is 5.69. The molecular weight excluding hydrogens is 388 g/mol. The number of ether oxygens (including phenoxy) is 2. The molecule has 0 aromatic rings. The second-order valence-corrected chi connectivity index (χ2v) is 11.6. The predicted molar refractivity (Wildman–Crippen MR) is 121 cm³/mol. The number of rotatable bonds is 5. The van der Waals surface area contributed by atoms with Gasteiger partial charge in [-0.3, -0.25) is 9.59 Å². The normalized spacial score (nSPS) is 44.5. The number of esters is 2. The number of carbonyl (C=O) groups is 2. The maximum Gasteiger partial charge on any atom is 0.305 e. The summed E-state index contributed by atoms with van der Waals surface area (Å²) in [6.45, 7) is 8.91. The lowest BCUT2D eigenvalue weighted by Crippen LogP contribution is -2.52. The molecule has 0 bridgehead atoms. The van der Waals surface area contributed by atoms with Gasteiger partial charge in [0.1, 0.15) is 6.10 Å². The molecule has 0 amide bonds. The fourth-order valence-corrected chi connectivity index (χ4v) is 8.52. The molecule has 0 saturated heterocycles. The molecule has 4 aliphatic rings. The zero-order valence-electron chi connectivity index (χ0n) is 20.2. The van der Waals surface area contributed by atoms with Gasteiger partial charge < -0.3 is 9.47 Å². The molecule has 0 heterocycles. The Balaban J connectivity index is 1.50. The van der Waals surface area contributed by atoms with Crippen molar-refractivity contribution < 1.29 is 19.1 Å². The summed E-state index contributed by atoms with van der Waals surface area (Å²) < 4.78 is 10.5. The summed E-state index contributed by atoms with van der Waals surface area (Å²) in [6, 6.07) is 0. The van der Waals surface area contributed by atoms with E-state index in [1.165, 1.54) is 46.1 Å². The molecule has 0 spiro atoms. The van der Waals surface area contributed by atoms with Crippen molar-refractivity contribution in [3.8, 4) is 0 Å². The number of carbonyl (C=O) groups excluding carboxylic acids is 2. The van der Waals surface area contributed by atoms with E-state index >= 15 is 0 Å². The highest BCUT2D eigenvalue weighted by Crippen LogP contribution is 2.66. The first-order valence-electron chi connectivity index (χ1n) is 12.6. The molecule has 4 heteroatoms. The van der Waals surface area contributed by atoms with Crippen LogP contribution in [0.3, 0.4) is 0 Å². The van der Waals surface area contributed by atoms with Gasteiger partial charge in [0.2, 0.25) is 0 Å². The molecule has 174 valence electrons. The first-order valence-corrected chi connectivity index (χ1v) is 12.6. The number of methoxy groups -OCH3 is 1. The Bertz CT molecular complexity index is 729. The number of hydrogen-bond donors (Lipinski definition) is 0. The van der Waals surface area contributed by atoms with Crippen LogP contribution < -0.4 is 0 Å². The van der Waals surface area contributed by atoms with Gasteiger partial charge in [0.15, 0.2) is 0 Å². The van der Waals surface area contributed by atoms with Crippen LogP contribution in [0.4, 0.5) is 0 Å². The topological polar surface area (TPSA) is 52.6 Å². The van der Waals surface area contributed by atoms with Gasteiger partial charge in [0.25, 0.3) is 0 Å². The van der Waals surface area contributed by atoms with Crippen molar-refractivity contribution in [1.29, 1.82) is 0 Å². The van der Waals surface area contributed by atoms with E-state index in [1.807, 2.05) is 0 Å². The first-order chi connectivity index (χ1) is 14.7.